The minimum atomic E-state index is -3.93. The number of benzene rings is 1. The number of carbonyl (C=O) groups is 2. The number of anilines is 1. The molecule has 22 heavy (non-hydrogen) atoms. The largest absolute Gasteiger partial charge is 0.337 e. The van der Waals surface area contributed by atoms with Gasteiger partial charge in [-0.15, -0.1) is 0 Å². The topological polar surface area (TPSA) is 104 Å². The van der Waals surface area contributed by atoms with Gasteiger partial charge in [0, 0.05) is 19.2 Å². The van der Waals surface area contributed by atoms with Gasteiger partial charge >= 0.3 is 6.03 Å². The van der Waals surface area contributed by atoms with Crippen LogP contribution in [0.3, 0.4) is 0 Å². The predicted octanol–water partition coefficient (Wildman–Crippen LogP) is 1.68. The lowest BCUT2D eigenvalue weighted by molar-refractivity contribution is -0.114. The van der Waals surface area contributed by atoms with Gasteiger partial charge in [-0.2, -0.15) is 0 Å². The maximum absolute atomic E-state index is 12.0. The smallest absolute Gasteiger partial charge is 0.328 e. The highest BCUT2D eigenvalue weighted by Crippen LogP contribution is 2.13. The van der Waals surface area contributed by atoms with Crippen LogP contribution in [-0.2, 0) is 14.8 Å². The predicted molar refractivity (Wildman–Crippen MR) is 83.9 cm³/mol. The van der Waals surface area contributed by atoms with Crippen LogP contribution in [0, 0.1) is 5.92 Å². The number of hydrogen-bond donors (Lipinski definition) is 3. The molecule has 3 amide bonds. The Kier molecular flexibility index (Phi) is 6.36. The van der Waals surface area contributed by atoms with Crippen molar-refractivity contribution >= 4 is 27.6 Å². The lowest BCUT2D eigenvalue weighted by Gasteiger charge is -2.10. The minimum absolute atomic E-state index is 0.0550. The fraction of sp³-hybridized carbons (Fsp3) is 0.429. The molecule has 0 heterocycles. The second kappa shape index (κ2) is 7.79. The quantitative estimate of drug-likeness (QED) is 0.739. The summed E-state index contributed by atoms with van der Waals surface area (Å²) < 4.78 is 26.0. The number of urea groups is 1. The van der Waals surface area contributed by atoms with Crippen molar-refractivity contribution in [2.75, 3.05) is 11.9 Å². The van der Waals surface area contributed by atoms with Gasteiger partial charge in [0.15, 0.2) is 0 Å². The molecule has 0 aliphatic carbocycles. The van der Waals surface area contributed by atoms with Gasteiger partial charge in [-0.05, 0) is 36.6 Å². The van der Waals surface area contributed by atoms with Crippen LogP contribution in [0.5, 0.6) is 0 Å². The normalized spacial score (nSPS) is 11.1. The molecule has 1 aromatic rings. The van der Waals surface area contributed by atoms with E-state index in [0.29, 0.717) is 18.2 Å². The van der Waals surface area contributed by atoms with Crippen LogP contribution in [-0.4, -0.2) is 26.9 Å². The molecule has 122 valence electrons. The standard InChI is InChI=1S/C14H21N3O4S/c1-10(2)8-9-15-14(19)17-22(20,21)13-6-4-12(5-7-13)16-11(3)18/h4-7,10H,8-9H2,1-3H3,(H,16,18)(H2,15,17,19). The SMILES string of the molecule is CC(=O)Nc1ccc(S(=O)(=O)NC(=O)NCCC(C)C)cc1. The average molecular weight is 327 g/mol. The summed E-state index contributed by atoms with van der Waals surface area (Å²) in [6, 6.07) is 4.77. The molecule has 0 saturated heterocycles. The molecule has 0 radical (unpaired) electrons. The molecule has 3 N–H and O–H groups in total. The Labute approximate surface area is 130 Å². The highest BCUT2D eigenvalue weighted by Gasteiger charge is 2.17. The minimum Gasteiger partial charge on any atom is -0.337 e. The molecule has 0 unspecified atom stereocenters. The first kappa shape index (κ1) is 18.0. The summed E-state index contributed by atoms with van der Waals surface area (Å²) in [4.78, 5) is 22.4. The van der Waals surface area contributed by atoms with Crippen molar-refractivity contribution in [2.24, 2.45) is 5.92 Å². The summed E-state index contributed by atoms with van der Waals surface area (Å²) >= 11 is 0. The van der Waals surface area contributed by atoms with Gasteiger partial charge in [0.2, 0.25) is 5.91 Å². The summed E-state index contributed by atoms with van der Waals surface area (Å²) in [7, 11) is -3.93. The van der Waals surface area contributed by atoms with Crippen LogP contribution < -0.4 is 15.4 Å². The molecular weight excluding hydrogens is 306 g/mol. The Bertz CT molecular complexity index is 624. The van der Waals surface area contributed by atoms with E-state index in [9.17, 15) is 18.0 Å². The van der Waals surface area contributed by atoms with Gasteiger partial charge in [0.25, 0.3) is 10.0 Å². The van der Waals surface area contributed by atoms with E-state index >= 15 is 0 Å². The Hall–Kier alpha value is -2.09. The van der Waals surface area contributed by atoms with Crippen LogP contribution in [0.15, 0.2) is 29.2 Å². The van der Waals surface area contributed by atoms with E-state index < -0.39 is 16.1 Å². The lowest BCUT2D eigenvalue weighted by Crippen LogP contribution is -2.40. The van der Waals surface area contributed by atoms with Crippen LogP contribution in [0.4, 0.5) is 10.5 Å². The zero-order valence-electron chi connectivity index (χ0n) is 12.8. The molecular formula is C14H21N3O4S. The van der Waals surface area contributed by atoms with E-state index in [2.05, 4.69) is 10.6 Å². The fourth-order valence-corrected chi connectivity index (χ4v) is 2.54. The molecule has 8 heteroatoms. The van der Waals surface area contributed by atoms with Gasteiger partial charge in [-0.25, -0.2) is 17.9 Å². The molecule has 7 nitrogen and oxygen atoms in total. The first-order valence-corrected chi connectivity index (χ1v) is 8.37. The highest BCUT2D eigenvalue weighted by molar-refractivity contribution is 7.90. The Balaban J connectivity index is 2.65. The molecule has 0 bridgehead atoms. The molecule has 1 aromatic carbocycles. The van der Waals surface area contributed by atoms with Gasteiger partial charge in [-0.3, -0.25) is 4.79 Å². The fourth-order valence-electron chi connectivity index (χ4n) is 1.61. The lowest BCUT2D eigenvalue weighted by atomic mass is 10.1. The molecule has 0 aliphatic heterocycles. The van der Waals surface area contributed by atoms with Gasteiger partial charge in [0.05, 0.1) is 4.90 Å². The monoisotopic (exact) mass is 327 g/mol. The number of rotatable bonds is 6. The van der Waals surface area contributed by atoms with Crippen molar-refractivity contribution in [3.05, 3.63) is 24.3 Å². The third kappa shape index (κ3) is 6.13. The van der Waals surface area contributed by atoms with Crippen molar-refractivity contribution in [2.45, 2.75) is 32.1 Å². The molecule has 0 saturated carbocycles. The zero-order valence-corrected chi connectivity index (χ0v) is 13.7. The summed E-state index contributed by atoms with van der Waals surface area (Å²) in [6.07, 6.45) is 0.763. The third-order valence-electron chi connectivity index (χ3n) is 2.72. The first-order valence-electron chi connectivity index (χ1n) is 6.89. The Morgan fingerprint density at radius 2 is 1.73 bits per heavy atom. The Morgan fingerprint density at radius 1 is 1.14 bits per heavy atom. The van der Waals surface area contributed by atoms with Crippen molar-refractivity contribution < 1.29 is 18.0 Å². The molecule has 0 aromatic heterocycles. The van der Waals surface area contributed by atoms with E-state index in [1.165, 1.54) is 31.2 Å². The number of sulfonamides is 1. The second-order valence-corrected chi connectivity index (χ2v) is 6.93. The van der Waals surface area contributed by atoms with Gasteiger partial charge in [0.1, 0.15) is 0 Å². The summed E-state index contributed by atoms with van der Waals surface area (Å²) in [5.41, 5.74) is 0.479. The maximum Gasteiger partial charge on any atom is 0.328 e. The van der Waals surface area contributed by atoms with Gasteiger partial charge < -0.3 is 10.6 Å². The summed E-state index contributed by atoms with van der Waals surface area (Å²) in [5.74, 6) is 0.163. The first-order chi connectivity index (χ1) is 10.2. The highest BCUT2D eigenvalue weighted by atomic mass is 32.2. The van der Waals surface area contributed by atoms with Crippen LogP contribution in [0.1, 0.15) is 27.2 Å². The van der Waals surface area contributed by atoms with Gasteiger partial charge in [-0.1, -0.05) is 13.8 Å². The van der Waals surface area contributed by atoms with Crippen LogP contribution in [0.25, 0.3) is 0 Å². The van der Waals surface area contributed by atoms with E-state index in [-0.39, 0.29) is 10.8 Å². The van der Waals surface area contributed by atoms with E-state index in [1.54, 1.807) is 0 Å². The van der Waals surface area contributed by atoms with Crippen molar-refractivity contribution in [1.29, 1.82) is 0 Å². The van der Waals surface area contributed by atoms with Crippen molar-refractivity contribution in [1.82, 2.24) is 10.0 Å². The number of hydrogen-bond acceptors (Lipinski definition) is 4. The average Bonchev–Trinajstić information content (AvgIpc) is 2.37. The molecule has 1 rings (SSSR count). The molecule has 0 fully saturated rings. The van der Waals surface area contributed by atoms with E-state index in [0.717, 1.165) is 6.42 Å². The zero-order chi connectivity index (χ0) is 16.8. The molecule has 0 atom stereocenters. The molecule has 0 spiro atoms. The van der Waals surface area contributed by atoms with E-state index in [4.69, 9.17) is 0 Å². The van der Waals surface area contributed by atoms with Crippen molar-refractivity contribution in [3.8, 4) is 0 Å². The van der Waals surface area contributed by atoms with E-state index in [1.807, 2.05) is 18.6 Å². The maximum atomic E-state index is 12.0. The summed E-state index contributed by atoms with van der Waals surface area (Å²) in [6.45, 7) is 5.77. The van der Waals surface area contributed by atoms with Crippen molar-refractivity contribution in [3.63, 3.8) is 0 Å². The van der Waals surface area contributed by atoms with Crippen LogP contribution >= 0.6 is 0 Å². The van der Waals surface area contributed by atoms with Crippen LogP contribution in [0.2, 0.25) is 0 Å². The second-order valence-electron chi connectivity index (χ2n) is 5.25. The third-order valence-corrected chi connectivity index (χ3v) is 4.07. The number of amides is 3. The number of carbonyl (C=O) groups excluding carboxylic acids is 2. The Morgan fingerprint density at radius 3 is 2.23 bits per heavy atom. The number of nitrogens with one attached hydrogen (secondary N) is 3. The molecule has 0 aliphatic rings. The summed E-state index contributed by atoms with van der Waals surface area (Å²) in [5, 5.41) is 5.02.